The first kappa shape index (κ1) is 18.2. The van der Waals surface area contributed by atoms with Gasteiger partial charge in [-0.05, 0) is 50.1 Å². The van der Waals surface area contributed by atoms with E-state index in [9.17, 15) is 0 Å². The van der Waals surface area contributed by atoms with Gasteiger partial charge in [0.25, 0.3) is 0 Å². The minimum atomic E-state index is 0.223. The maximum atomic E-state index is 4.96. The number of hydrogen-bond donors (Lipinski definition) is 0. The first-order chi connectivity index (χ1) is 13.6. The molecular weight excluding hydrogens is 340 g/mol. The van der Waals surface area contributed by atoms with E-state index in [1.165, 1.54) is 27.8 Å². The van der Waals surface area contributed by atoms with Crippen molar-refractivity contribution in [1.29, 1.82) is 0 Å². The Morgan fingerprint density at radius 2 is 1.25 bits per heavy atom. The Morgan fingerprint density at radius 1 is 0.714 bits per heavy atom. The summed E-state index contributed by atoms with van der Waals surface area (Å²) in [6, 6.07) is 26.2. The molecule has 0 amide bonds. The van der Waals surface area contributed by atoms with Gasteiger partial charge in [-0.2, -0.15) is 5.10 Å². The van der Waals surface area contributed by atoms with E-state index in [-0.39, 0.29) is 6.04 Å². The topological polar surface area (TPSA) is 15.6 Å². The van der Waals surface area contributed by atoms with Gasteiger partial charge >= 0.3 is 0 Å². The highest BCUT2D eigenvalue weighted by atomic mass is 15.5. The van der Waals surface area contributed by atoms with Crippen LogP contribution in [0.25, 0.3) is 6.08 Å². The van der Waals surface area contributed by atoms with Crippen LogP contribution in [0, 0.1) is 20.8 Å². The van der Waals surface area contributed by atoms with Crippen molar-refractivity contribution in [3.05, 3.63) is 107 Å². The van der Waals surface area contributed by atoms with E-state index >= 15 is 0 Å². The van der Waals surface area contributed by atoms with Crippen molar-refractivity contribution < 1.29 is 0 Å². The van der Waals surface area contributed by atoms with Crippen LogP contribution in [0.3, 0.4) is 0 Å². The quantitative estimate of drug-likeness (QED) is 0.506. The molecule has 0 aliphatic carbocycles. The van der Waals surface area contributed by atoms with Gasteiger partial charge < -0.3 is 0 Å². The molecule has 2 nitrogen and oxygen atoms in total. The number of benzene rings is 3. The lowest BCUT2D eigenvalue weighted by atomic mass is 9.99. The van der Waals surface area contributed by atoms with Crippen molar-refractivity contribution in [1.82, 2.24) is 0 Å². The highest BCUT2D eigenvalue weighted by Crippen LogP contribution is 2.35. The van der Waals surface area contributed by atoms with Crippen LogP contribution in [-0.4, -0.2) is 5.71 Å². The second kappa shape index (κ2) is 7.85. The molecule has 3 aromatic carbocycles. The number of anilines is 1. The highest BCUT2D eigenvalue weighted by molar-refractivity contribution is 6.01. The zero-order valence-corrected chi connectivity index (χ0v) is 16.8. The Hall–Kier alpha value is -3.13. The molecule has 0 N–H and O–H groups in total. The molecule has 0 radical (unpaired) electrons. The van der Waals surface area contributed by atoms with E-state index < -0.39 is 0 Å². The van der Waals surface area contributed by atoms with Gasteiger partial charge in [0.2, 0.25) is 0 Å². The third kappa shape index (κ3) is 4.07. The average Bonchev–Trinajstić information content (AvgIpc) is 3.13. The van der Waals surface area contributed by atoms with Crippen LogP contribution in [-0.2, 0) is 0 Å². The zero-order valence-electron chi connectivity index (χ0n) is 16.8. The number of aryl methyl sites for hydroxylation is 3. The highest BCUT2D eigenvalue weighted by Gasteiger charge is 2.28. The fourth-order valence-corrected chi connectivity index (χ4v) is 3.49. The summed E-state index contributed by atoms with van der Waals surface area (Å²) in [4.78, 5) is 0. The van der Waals surface area contributed by atoms with Crippen molar-refractivity contribution in [2.45, 2.75) is 33.2 Å². The molecule has 0 fully saturated rings. The molecule has 0 spiro atoms. The van der Waals surface area contributed by atoms with E-state index in [4.69, 9.17) is 5.10 Å². The van der Waals surface area contributed by atoms with E-state index in [2.05, 4.69) is 111 Å². The number of hydrazone groups is 1. The number of rotatable bonds is 4. The predicted octanol–water partition coefficient (Wildman–Crippen LogP) is 6.63. The standard InChI is InChI=1S/C26H26N2/c1-19-4-10-22(11-5-19)12-15-24-18-26(23-13-6-20(2)7-14-23)28(27-24)25-16-8-21(3)9-17-25/h4-17,26H,18H2,1-3H3/b15-12+. The van der Waals surface area contributed by atoms with Gasteiger partial charge in [0.15, 0.2) is 0 Å². The summed E-state index contributed by atoms with van der Waals surface area (Å²) in [5, 5.41) is 7.13. The van der Waals surface area contributed by atoms with E-state index in [0.29, 0.717) is 0 Å². The molecule has 0 saturated carbocycles. The normalized spacial score (nSPS) is 16.6. The molecule has 3 aromatic rings. The average molecular weight is 367 g/mol. The number of allylic oxidation sites excluding steroid dienone is 1. The molecule has 1 unspecified atom stereocenters. The molecule has 0 aromatic heterocycles. The summed E-state index contributed by atoms with van der Waals surface area (Å²) in [6.07, 6.45) is 5.21. The van der Waals surface area contributed by atoms with Gasteiger partial charge in [-0.25, -0.2) is 0 Å². The van der Waals surface area contributed by atoms with E-state index in [1.807, 2.05) is 0 Å². The number of nitrogens with zero attached hydrogens (tertiary/aromatic N) is 2. The van der Waals surface area contributed by atoms with Crippen molar-refractivity contribution in [3.8, 4) is 0 Å². The Kier molecular flexibility index (Phi) is 5.12. The van der Waals surface area contributed by atoms with Crippen LogP contribution in [0.4, 0.5) is 5.69 Å². The fourth-order valence-electron chi connectivity index (χ4n) is 3.49. The van der Waals surface area contributed by atoms with Gasteiger partial charge in [-0.15, -0.1) is 0 Å². The lowest BCUT2D eigenvalue weighted by molar-refractivity contribution is 0.709. The van der Waals surface area contributed by atoms with Gasteiger partial charge in [0.05, 0.1) is 17.4 Å². The predicted molar refractivity (Wildman–Crippen MR) is 120 cm³/mol. The van der Waals surface area contributed by atoms with Crippen LogP contribution in [0.1, 0.15) is 40.3 Å². The second-order valence-electron chi connectivity index (χ2n) is 7.65. The molecule has 28 heavy (non-hydrogen) atoms. The van der Waals surface area contributed by atoms with Crippen LogP contribution < -0.4 is 5.01 Å². The summed E-state index contributed by atoms with van der Waals surface area (Å²) >= 11 is 0. The minimum Gasteiger partial charge on any atom is -0.257 e. The first-order valence-corrected chi connectivity index (χ1v) is 9.83. The molecule has 0 saturated heterocycles. The second-order valence-corrected chi connectivity index (χ2v) is 7.65. The Balaban J connectivity index is 1.64. The monoisotopic (exact) mass is 366 g/mol. The van der Waals surface area contributed by atoms with E-state index in [0.717, 1.165) is 17.8 Å². The molecule has 0 bridgehead atoms. The Labute approximate surface area is 167 Å². The van der Waals surface area contributed by atoms with Crippen molar-refractivity contribution in [2.75, 3.05) is 5.01 Å². The van der Waals surface area contributed by atoms with Crippen LogP contribution in [0.5, 0.6) is 0 Å². The third-order valence-corrected chi connectivity index (χ3v) is 5.24. The molecule has 1 heterocycles. The van der Waals surface area contributed by atoms with Gasteiger partial charge in [0.1, 0.15) is 0 Å². The molecule has 1 aliphatic heterocycles. The molecule has 140 valence electrons. The van der Waals surface area contributed by atoms with Crippen molar-refractivity contribution in [2.24, 2.45) is 5.10 Å². The smallest absolute Gasteiger partial charge is 0.0831 e. The minimum absolute atomic E-state index is 0.223. The summed E-state index contributed by atoms with van der Waals surface area (Å²) < 4.78 is 0. The summed E-state index contributed by atoms with van der Waals surface area (Å²) in [5.74, 6) is 0. The Bertz CT molecular complexity index is 994. The molecular formula is C26H26N2. The summed E-state index contributed by atoms with van der Waals surface area (Å²) in [7, 11) is 0. The van der Waals surface area contributed by atoms with Gasteiger partial charge in [-0.1, -0.05) is 83.4 Å². The van der Waals surface area contributed by atoms with Crippen LogP contribution in [0.2, 0.25) is 0 Å². The molecule has 2 heteroatoms. The van der Waals surface area contributed by atoms with Gasteiger partial charge in [-0.3, -0.25) is 5.01 Å². The fraction of sp³-hybridized carbons (Fsp3) is 0.192. The van der Waals surface area contributed by atoms with Crippen molar-refractivity contribution in [3.63, 3.8) is 0 Å². The molecule has 1 aliphatic rings. The third-order valence-electron chi connectivity index (χ3n) is 5.24. The van der Waals surface area contributed by atoms with Crippen LogP contribution in [0.15, 0.2) is 84.0 Å². The number of hydrogen-bond acceptors (Lipinski definition) is 2. The molecule has 4 rings (SSSR count). The van der Waals surface area contributed by atoms with Crippen LogP contribution >= 0.6 is 0 Å². The summed E-state index contributed by atoms with van der Waals surface area (Å²) in [5.41, 5.74) is 8.56. The molecule has 1 atom stereocenters. The SMILES string of the molecule is Cc1ccc(/C=C/C2=NN(c3ccc(C)cc3)C(c3ccc(C)cc3)C2)cc1. The summed E-state index contributed by atoms with van der Waals surface area (Å²) in [6.45, 7) is 6.35. The largest absolute Gasteiger partial charge is 0.257 e. The maximum Gasteiger partial charge on any atom is 0.0831 e. The lowest BCUT2D eigenvalue weighted by Gasteiger charge is -2.24. The van der Waals surface area contributed by atoms with Gasteiger partial charge in [0, 0.05) is 6.42 Å². The first-order valence-electron chi connectivity index (χ1n) is 9.83. The Morgan fingerprint density at radius 3 is 1.86 bits per heavy atom. The maximum absolute atomic E-state index is 4.96. The van der Waals surface area contributed by atoms with E-state index in [1.54, 1.807) is 0 Å². The zero-order chi connectivity index (χ0) is 19.5. The lowest BCUT2D eigenvalue weighted by Crippen LogP contribution is -2.18. The van der Waals surface area contributed by atoms with Crippen molar-refractivity contribution >= 4 is 17.5 Å².